The first-order chi connectivity index (χ1) is 15.3. The Labute approximate surface area is 198 Å². The maximum absolute atomic E-state index is 12.2. The molecule has 0 amide bonds. The van der Waals surface area contributed by atoms with Crippen molar-refractivity contribution in [3.05, 3.63) is 52.6 Å². The minimum atomic E-state index is -1.31. The van der Waals surface area contributed by atoms with E-state index in [0.717, 1.165) is 11.3 Å². The Morgan fingerprint density at radius 2 is 1.52 bits per heavy atom. The van der Waals surface area contributed by atoms with Gasteiger partial charge in [-0.2, -0.15) is 0 Å². The molecule has 1 aromatic rings. The van der Waals surface area contributed by atoms with Crippen molar-refractivity contribution < 1.29 is 19.4 Å². The van der Waals surface area contributed by atoms with Crippen LogP contribution < -0.4 is 10.6 Å². The number of rotatable bonds is 9. The van der Waals surface area contributed by atoms with E-state index in [4.69, 9.17) is 4.74 Å². The Bertz CT molecular complexity index is 914. The molecule has 0 aromatic heterocycles. The molecule has 0 saturated heterocycles. The molecule has 0 fully saturated rings. The second-order valence-electron chi connectivity index (χ2n) is 10.1. The van der Waals surface area contributed by atoms with Gasteiger partial charge in [0.15, 0.2) is 5.72 Å². The van der Waals surface area contributed by atoms with E-state index in [2.05, 4.69) is 64.3 Å². The summed E-state index contributed by atoms with van der Waals surface area (Å²) in [4.78, 5) is 24.0. The van der Waals surface area contributed by atoms with Crippen molar-refractivity contribution in [2.75, 3.05) is 5.32 Å². The van der Waals surface area contributed by atoms with Gasteiger partial charge in [-0.1, -0.05) is 52.0 Å². The van der Waals surface area contributed by atoms with Crippen molar-refractivity contribution in [1.29, 1.82) is 0 Å². The van der Waals surface area contributed by atoms with Crippen LogP contribution >= 0.6 is 0 Å². The van der Waals surface area contributed by atoms with E-state index < -0.39 is 23.6 Å². The lowest BCUT2D eigenvalue weighted by Gasteiger charge is -2.41. The minimum Gasteiger partial charge on any atom is -0.478 e. The van der Waals surface area contributed by atoms with E-state index >= 15 is 0 Å². The van der Waals surface area contributed by atoms with Crippen molar-refractivity contribution in [2.24, 2.45) is 0 Å². The van der Waals surface area contributed by atoms with Crippen LogP contribution in [0.3, 0.4) is 0 Å². The smallest absolute Gasteiger partial charge is 0.335 e. The van der Waals surface area contributed by atoms with Gasteiger partial charge in [-0.3, -0.25) is 10.1 Å². The van der Waals surface area contributed by atoms with Crippen molar-refractivity contribution in [1.82, 2.24) is 5.32 Å². The largest absolute Gasteiger partial charge is 0.478 e. The van der Waals surface area contributed by atoms with Crippen LogP contribution in [0.2, 0.25) is 0 Å². The number of carboxylic acids is 1. The van der Waals surface area contributed by atoms with E-state index in [1.54, 1.807) is 6.08 Å². The molecule has 3 N–H and O–H groups in total. The van der Waals surface area contributed by atoms with Gasteiger partial charge in [-0.25, -0.2) is 4.79 Å². The normalized spacial score (nSPS) is 20.5. The van der Waals surface area contributed by atoms with Gasteiger partial charge in [-0.05, 0) is 62.3 Å². The van der Waals surface area contributed by atoms with Crippen LogP contribution in [-0.2, 0) is 14.3 Å². The highest BCUT2D eigenvalue weighted by Crippen LogP contribution is 2.42. The van der Waals surface area contributed by atoms with Crippen LogP contribution in [-0.4, -0.2) is 34.9 Å². The van der Waals surface area contributed by atoms with E-state index in [-0.39, 0.29) is 29.5 Å². The molecule has 2 atom stereocenters. The molecule has 6 heteroatoms. The lowest BCUT2D eigenvalue weighted by atomic mass is 9.79. The van der Waals surface area contributed by atoms with Gasteiger partial charge in [0.25, 0.3) is 0 Å². The van der Waals surface area contributed by atoms with Crippen LogP contribution in [0.25, 0.3) is 0 Å². The Morgan fingerprint density at radius 3 is 1.91 bits per heavy atom. The van der Waals surface area contributed by atoms with E-state index in [9.17, 15) is 14.7 Å². The van der Waals surface area contributed by atoms with Gasteiger partial charge >= 0.3 is 11.9 Å². The second kappa shape index (κ2) is 10.6. The Morgan fingerprint density at radius 1 is 0.970 bits per heavy atom. The third kappa shape index (κ3) is 6.26. The minimum absolute atomic E-state index is 0.0549. The fourth-order valence-electron chi connectivity index (χ4n) is 4.40. The highest BCUT2D eigenvalue weighted by atomic mass is 16.6. The molecule has 33 heavy (non-hydrogen) atoms. The lowest BCUT2D eigenvalue weighted by molar-refractivity contribution is -0.157. The number of ether oxygens (including phenoxy) is 1. The van der Waals surface area contributed by atoms with E-state index in [1.807, 2.05) is 19.9 Å². The van der Waals surface area contributed by atoms with E-state index in [1.165, 1.54) is 24.1 Å². The highest BCUT2D eigenvalue weighted by Gasteiger charge is 2.43. The zero-order chi connectivity index (χ0) is 25.1. The molecule has 1 aliphatic carbocycles. The standard InChI is InChI=1S/C27H40N2O4/c1-15(2)22-12-21(13-23(16(3)4)25(22)28-17(5)6)24-11-10-20(26(31)32)14-27(24,29-18(7)8)33-19(9)30/h10-18,24,28-29H,1-9H3,(H,31,32). The maximum Gasteiger partial charge on any atom is 0.335 e. The fraction of sp³-hybridized carbons (Fsp3) is 0.556. The summed E-state index contributed by atoms with van der Waals surface area (Å²) in [5, 5.41) is 16.6. The molecule has 182 valence electrons. The van der Waals surface area contributed by atoms with Crippen molar-refractivity contribution in [3.63, 3.8) is 0 Å². The van der Waals surface area contributed by atoms with Gasteiger partial charge in [0, 0.05) is 24.7 Å². The van der Waals surface area contributed by atoms with Gasteiger partial charge < -0.3 is 15.2 Å². The summed E-state index contributed by atoms with van der Waals surface area (Å²) in [5.41, 5.74) is 3.28. The zero-order valence-corrected chi connectivity index (χ0v) is 21.4. The molecule has 0 spiro atoms. The quantitative estimate of drug-likeness (QED) is 0.327. The molecular weight excluding hydrogens is 416 g/mol. The number of hydrogen-bond donors (Lipinski definition) is 3. The summed E-state index contributed by atoms with van der Waals surface area (Å²) in [6.45, 7) is 18.2. The molecule has 0 aliphatic heterocycles. The van der Waals surface area contributed by atoms with Crippen molar-refractivity contribution in [3.8, 4) is 0 Å². The Balaban J connectivity index is 2.81. The predicted molar refractivity (Wildman–Crippen MR) is 134 cm³/mol. The summed E-state index contributed by atoms with van der Waals surface area (Å²) >= 11 is 0. The first-order valence-electron chi connectivity index (χ1n) is 11.8. The molecule has 2 rings (SSSR count). The summed E-state index contributed by atoms with van der Waals surface area (Å²) in [5.74, 6) is -1.40. The van der Waals surface area contributed by atoms with Crippen LogP contribution in [0.1, 0.15) is 96.8 Å². The number of carbonyl (C=O) groups excluding carboxylic acids is 1. The van der Waals surface area contributed by atoms with Gasteiger partial charge in [-0.15, -0.1) is 0 Å². The molecule has 0 heterocycles. The monoisotopic (exact) mass is 456 g/mol. The molecule has 1 aliphatic rings. The van der Waals surface area contributed by atoms with Crippen molar-refractivity contribution >= 4 is 17.6 Å². The fourth-order valence-corrected chi connectivity index (χ4v) is 4.40. The number of anilines is 1. The first kappa shape index (κ1) is 26.7. The van der Waals surface area contributed by atoms with Crippen LogP contribution in [0, 0.1) is 0 Å². The Hall–Kier alpha value is -2.60. The molecule has 6 nitrogen and oxygen atoms in total. The average molecular weight is 457 g/mol. The second-order valence-corrected chi connectivity index (χ2v) is 10.1. The molecular formula is C27H40N2O4. The number of carbonyl (C=O) groups is 2. The number of nitrogens with one attached hydrogen (secondary N) is 2. The molecule has 0 radical (unpaired) electrons. The first-order valence-corrected chi connectivity index (χ1v) is 11.8. The number of hydrogen-bond acceptors (Lipinski definition) is 5. The molecule has 0 bridgehead atoms. The average Bonchev–Trinajstić information content (AvgIpc) is 2.65. The summed E-state index contributed by atoms with van der Waals surface area (Å²) in [7, 11) is 0. The zero-order valence-electron chi connectivity index (χ0n) is 21.4. The maximum atomic E-state index is 12.2. The van der Waals surface area contributed by atoms with E-state index in [0.29, 0.717) is 0 Å². The van der Waals surface area contributed by atoms with Crippen LogP contribution in [0.5, 0.6) is 0 Å². The van der Waals surface area contributed by atoms with Crippen LogP contribution in [0.4, 0.5) is 5.69 Å². The summed E-state index contributed by atoms with van der Waals surface area (Å²) < 4.78 is 5.88. The number of aliphatic carboxylic acids is 1. The lowest BCUT2D eigenvalue weighted by Crippen LogP contribution is -2.55. The third-order valence-electron chi connectivity index (χ3n) is 5.63. The molecule has 2 unspecified atom stereocenters. The van der Waals surface area contributed by atoms with Gasteiger partial charge in [0.05, 0.1) is 11.5 Å². The predicted octanol–water partition coefficient (Wildman–Crippen LogP) is 5.68. The molecule has 1 aromatic carbocycles. The third-order valence-corrected chi connectivity index (χ3v) is 5.63. The number of esters is 1. The summed E-state index contributed by atoms with van der Waals surface area (Å²) in [6.07, 6.45) is 4.97. The van der Waals surface area contributed by atoms with Gasteiger partial charge in [0.1, 0.15) is 0 Å². The SMILES string of the molecule is CC(=O)OC1(NC(C)C)C=C(C(=O)O)C=CC1c1cc(C(C)C)c(NC(C)C)c(C(C)C)c1. The number of carboxylic acid groups (broad SMARTS) is 1. The highest BCUT2D eigenvalue weighted by molar-refractivity contribution is 5.90. The topological polar surface area (TPSA) is 87.7 Å². The van der Waals surface area contributed by atoms with Crippen LogP contribution in [0.15, 0.2) is 35.9 Å². The number of benzene rings is 1. The Kier molecular flexibility index (Phi) is 8.52. The van der Waals surface area contributed by atoms with Gasteiger partial charge in [0.2, 0.25) is 0 Å². The van der Waals surface area contributed by atoms with Crippen molar-refractivity contribution in [2.45, 2.75) is 97.9 Å². The molecule has 0 saturated carbocycles. The summed E-state index contributed by atoms with van der Waals surface area (Å²) in [6, 6.07) is 4.55.